The van der Waals surface area contributed by atoms with Crippen molar-refractivity contribution in [2.24, 2.45) is 0 Å². The number of carboxylic acid groups (broad SMARTS) is 1. The highest BCUT2D eigenvalue weighted by atomic mass is 16.5. The van der Waals surface area contributed by atoms with Gasteiger partial charge in [0.25, 0.3) is 0 Å². The molecule has 82 valence electrons. The lowest BCUT2D eigenvalue weighted by atomic mass is 10.1. The zero-order chi connectivity index (χ0) is 11.4. The molecule has 0 saturated heterocycles. The van der Waals surface area contributed by atoms with Gasteiger partial charge in [0.05, 0.1) is 6.10 Å². The third-order valence-electron chi connectivity index (χ3n) is 2.27. The van der Waals surface area contributed by atoms with Gasteiger partial charge in [0.15, 0.2) is 0 Å². The first-order valence-corrected chi connectivity index (χ1v) is 5.05. The summed E-state index contributed by atoms with van der Waals surface area (Å²) in [6.07, 6.45) is 0.887. The minimum atomic E-state index is -0.947. The summed E-state index contributed by atoms with van der Waals surface area (Å²) in [6.45, 7) is 5.78. The van der Waals surface area contributed by atoms with Crippen LogP contribution in [-0.4, -0.2) is 17.2 Å². The van der Waals surface area contributed by atoms with Crippen molar-refractivity contribution in [2.45, 2.75) is 33.3 Å². The summed E-state index contributed by atoms with van der Waals surface area (Å²) in [4.78, 5) is 11.0. The van der Waals surface area contributed by atoms with Crippen molar-refractivity contribution in [1.29, 1.82) is 0 Å². The number of ether oxygens (including phenoxy) is 1. The van der Waals surface area contributed by atoms with Gasteiger partial charge in [-0.3, -0.25) is 0 Å². The van der Waals surface area contributed by atoms with Gasteiger partial charge in [0.2, 0.25) is 0 Å². The van der Waals surface area contributed by atoms with Gasteiger partial charge < -0.3 is 9.84 Å². The molecule has 1 N–H and O–H groups in total. The normalized spacial score (nSPS) is 12.2. The summed E-state index contributed by atoms with van der Waals surface area (Å²) in [5.74, 6) is -0.501. The summed E-state index contributed by atoms with van der Waals surface area (Å²) in [5, 5.41) is 9.00. The Bertz CT molecular complexity index is 358. The molecule has 1 atom stereocenters. The third-order valence-corrected chi connectivity index (χ3v) is 2.27. The van der Waals surface area contributed by atoms with Crippen molar-refractivity contribution in [3.63, 3.8) is 0 Å². The molecule has 0 heterocycles. The highest BCUT2D eigenvalue weighted by Gasteiger charge is 2.12. The molecule has 1 aromatic carbocycles. The van der Waals surface area contributed by atoms with Crippen LogP contribution in [0.1, 0.15) is 36.2 Å². The summed E-state index contributed by atoms with van der Waals surface area (Å²) < 4.78 is 5.53. The SMILES string of the molecule is CCC(C)Oc1ccc(C)cc1C(=O)O. The number of hydrogen-bond acceptors (Lipinski definition) is 2. The van der Waals surface area contributed by atoms with Crippen LogP contribution < -0.4 is 4.74 Å². The van der Waals surface area contributed by atoms with Crippen molar-refractivity contribution < 1.29 is 14.6 Å². The molecule has 0 aliphatic heterocycles. The molecule has 0 fully saturated rings. The lowest BCUT2D eigenvalue weighted by molar-refractivity contribution is 0.0689. The largest absolute Gasteiger partial charge is 0.490 e. The van der Waals surface area contributed by atoms with Crippen LogP contribution in [0, 0.1) is 6.92 Å². The number of hydrogen-bond donors (Lipinski definition) is 1. The molecule has 15 heavy (non-hydrogen) atoms. The van der Waals surface area contributed by atoms with Crippen LogP contribution in [0.3, 0.4) is 0 Å². The quantitative estimate of drug-likeness (QED) is 0.827. The first-order chi connectivity index (χ1) is 7.04. The van der Waals surface area contributed by atoms with E-state index in [1.807, 2.05) is 26.8 Å². The molecule has 0 aromatic heterocycles. The van der Waals surface area contributed by atoms with Crippen molar-refractivity contribution in [3.05, 3.63) is 29.3 Å². The minimum absolute atomic E-state index is 0.0332. The van der Waals surface area contributed by atoms with Gasteiger partial charge >= 0.3 is 5.97 Å². The van der Waals surface area contributed by atoms with Crippen molar-refractivity contribution in [1.82, 2.24) is 0 Å². The Kier molecular flexibility index (Phi) is 3.72. The van der Waals surface area contributed by atoms with Gasteiger partial charge in [0.1, 0.15) is 11.3 Å². The fraction of sp³-hybridized carbons (Fsp3) is 0.417. The van der Waals surface area contributed by atoms with Crippen molar-refractivity contribution in [2.75, 3.05) is 0 Å². The molecule has 0 amide bonds. The van der Waals surface area contributed by atoms with Crippen LogP contribution in [0.15, 0.2) is 18.2 Å². The smallest absolute Gasteiger partial charge is 0.339 e. The Morgan fingerprint density at radius 3 is 2.73 bits per heavy atom. The number of aromatic carboxylic acids is 1. The minimum Gasteiger partial charge on any atom is -0.490 e. The van der Waals surface area contributed by atoms with Crippen LogP contribution >= 0.6 is 0 Å². The summed E-state index contributed by atoms with van der Waals surface area (Å²) in [5.41, 5.74) is 1.15. The van der Waals surface area contributed by atoms with E-state index in [9.17, 15) is 4.79 Å². The van der Waals surface area contributed by atoms with E-state index in [2.05, 4.69) is 0 Å². The lowest BCUT2D eigenvalue weighted by Crippen LogP contribution is -2.12. The second-order valence-corrected chi connectivity index (χ2v) is 3.64. The van der Waals surface area contributed by atoms with Crippen LogP contribution in [0.5, 0.6) is 5.75 Å². The van der Waals surface area contributed by atoms with Crippen LogP contribution in [0.2, 0.25) is 0 Å². The average Bonchev–Trinajstić information content (AvgIpc) is 2.20. The van der Waals surface area contributed by atoms with E-state index < -0.39 is 5.97 Å². The van der Waals surface area contributed by atoms with Gasteiger partial charge in [-0.2, -0.15) is 0 Å². The molecule has 0 saturated carbocycles. The molecule has 1 rings (SSSR count). The number of carboxylic acids is 1. The highest BCUT2D eigenvalue weighted by Crippen LogP contribution is 2.21. The van der Waals surface area contributed by atoms with Crippen molar-refractivity contribution >= 4 is 5.97 Å². The second kappa shape index (κ2) is 4.82. The number of rotatable bonds is 4. The Morgan fingerprint density at radius 1 is 1.53 bits per heavy atom. The zero-order valence-electron chi connectivity index (χ0n) is 9.28. The predicted octanol–water partition coefficient (Wildman–Crippen LogP) is 2.87. The van der Waals surface area contributed by atoms with E-state index in [1.54, 1.807) is 12.1 Å². The van der Waals surface area contributed by atoms with E-state index in [4.69, 9.17) is 9.84 Å². The first-order valence-electron chi connectivity index (χ1n) is 5.05. The van der Waals surface area contributed by atoms with Crippen LogP contribution in [0.4, 0.5) is 0 Å². The molecule has 0 aliphatic carbocycles. The molecular weight excluding hydrogens is 192 g/mol. The summed E-state index contributed by atoms with van der Waals surface area (Å²) >= 11 is 0. The fourth-order valence-corrected chi connectivity index (χ4v) is 1.21. The van der Waals surface area contributed by atoms with Gasteiger partial charge in [-0.15, -0.1) is 0 Å². The summed E-state index contributed by atoms with van der Waals surface area (Å²) in [6, 6.07) is 5.19. The second-order valence-electron chi connectivity index (χ2n) is 3.64. The first kappa shape index (κ1) is 11.6. The fourth-order valence-electron chi connectivity index (χ4n) is 1.21. The molecule has 0 bridgehead atoms. The lowest BCUT2D eigenvalue weighted by Gasteiger charge is -2.14. The monoisotopic (exact) mass is 208 g/mol. The highest BCUT2D eigenvalue weighted by molar-refractivity contribution is 5.91. The van der Waals surface area contributed by atoms with E-state index in [1.165, 1.54) is 0 Å². The molecule has 1 unspecified atom stereocenters. The van der Waals surface area contributed by atoms with Gasteiger partial charge in [-0.1, -0.05) is 18.6 Å². The Morgan fingerprint density at radius 2 is 2.20 bits per heavy atom. The topological polar surface area (TPSA) is 46.5 Å². The number of aryl methyl sites for hydroxylation is 1. The van der Waals surface area contributed by atoms with Crippen molar-refractivity contribution in [3.8, 4) is 5.75 Å². The van der Waals surface area contributed by atoms with Gasteiger partial charge in [-0.05, 0) is 32.4 Å². The Labute approximate surface area is 89.7 Å². The van der Waals surface area contributed by atoms with Crippen LogP contribution in [0.25, 0.3) is 0 Å². The number of benzene rings is 1. The number of carbonyl (C=O) groups is 1. The average molecular weight is 208 g/mol. The van der Waals surface area contributed by atoms with Gasteiger partial charge in [0, 0.05) is 0 Å². The zero-order valence-corrected chi connectivity index (χ0v) is 9.28. The predicted molar refractivity (Wildman–Crippen MR) is 58.5 cm³/mol. The maximum Gasteiger partial charge on any atom is 0.339 e. The maximum absolute atomic E-state index is 11.0. The van der Waals surface area contributed by atoms with Crippen LogP contribution in [-0.2, 0) is 0 Å². The summed E-state index contributed by atoms with van der Waals surface area (Å²) in [7, 11) is 0. The standard InChI is InChI=1S/C12H16O3/c1-4-9(3)15-11-6-5-8(2)7-10(11)12(13)14/h5-7,9H,4H2,1-3H3,(H,13,14). The third kappa shape index (κ3) is 2.98. The Hall–Kier alpha value is -1.51. The molecule has 0 radical (unpaired) electrons. The van der Waals surface area contributed by atoms with E-state index in [-0.39, 0.29) is 11.7 Å². The molecule has 1 aromatic rings. The molecule has 3 heteroatoms. The molecule has 3 nitrogen and oxygen atoms in total. The molecular formula is C12H16O3. The van der Waals surface area contributed by atoms with E-state index >= 15 is 0 Å². The Balaban J connectivity index is 3.01. The van der Waals surface area contributed by atoms with E-state index in [0.717, 1.165) is 12.0 Å². The molecule has 0 spiro atoms. The molecule has 0 aliphatic rings. The van der Waals surface area contributed by atoms with Gasteiger partial charge in [-0.25, -0.2) is 4.79 Å². The maximum atomic E-state index is 11.0. The van der Waals surface area contributed by atoms with E-state index in [0.29, 0.717) is 5.75 Å².